The van der Waals surface area contributed by atoms with Crippen molar-refractivity contribution in [3.05, 3.63) is 71.1 Å². The van der Waals surface area contributed by atoms with Crippen LogP contribution in [-0.4, -0.2) is 20.9 Å². The van der Waals surface area contributed by atoms with Crippen LogP contribution in [0, 0.1) is 0 Å². The zero-order chi connectivity index (χ0) is 16.4. The number of imidazole rings is 1. The van der Waals surface area contributed by atoms with Crippen LogP contribution in [-0.2, 0) is 6.54 Å². The van der Waals surface area contributed by atoms with E-state index in [4.69, 9.17) is 0 Å². The molecule has 2 N–H and O–H groups in total. The third kappa shape index (κ3) is 2.91. The molecule has 4 rings (SSSR count). The van der Waals surface area contributed by atoms with Crippen LogP contribution >= 0.6 is 11.3 Å². The molecule has 0 saturated heterocycles. The second-order valence-corrected chi connectivity index (χ2v) is 6.24. The van der Waals surface area contributed by atoms with E-state index in [0.29, 0.717) is 11.4 Å². The van der Waals surface area contributed by atoms with E-state index in [9.17, 15) is 4.79 Å². The van der Waals surface area contributed by atoms with Crippen molar-refractivity contribution in [1.82, 2.24) is 20.3 Å². The molecule has 0 atom stereocenters. The van der Waals surface area contributed by atoms with Gasteiger partial charge in [-0.05, 0) is 16.8 Å². The molecule has 0 aliphatic carbocycles. The number of nitrogens with zero attached hydrogens (tertiary/aromatic N) is 2. The van der Waals surface area contributed by atoms with Gasteiger partial charge in [0, 0.05) is 5.56 Å². The number of carbonyl (C=O) groups is 1. The van der Waals surface area contributed by atoms with Crippen LogP contribution in [0.25, 0.3) is 22.0 Å². The van der Waals surface area contributed by atoms with Crippen molar-refractivity contribution >= 4 is 28.0 Å². The summed E-state index contributed by atoms with van der Waals surface area (Å²) in [6, 6.07) is 14.5. The van der Waals surface area contributed by atoms with Crippen molar-refractivity contribution in [2.45, 2.75) is 6.54 Å². The minimum Gasteiger partial charge on any atom is -0.344 e. The van der Waals surface area contributed by atoms with Gasteiger partial charge in [-0.2, -0.15) is 0 Å². The maximum absolute atomic E-state index is 11.9. The fourth-order valence-corrected chi connectivity index (χ4v) is 3.07. The van der Waals surface area contributed by atoms with Crippen LogP contribution in [0.15, 0.2) is 60.4 Å². The van der Waals surface area contributed by atoms with Crippen molar-refractivity contribution in [3.63, 3.8) is 0 Å². The molecule has 0 fully saturated rings. The van der Waals surface area contributed by atoms with Gasteiger partial charge in [-0.3, -0.25) is 9.78 Å². The highest BCUT2D eigenvalue weighted by Gasteiger charge is 2.09. The number of aromatic nitrogens is 3. The van der Waals surface area contributed by atoms with E-state index in [1.165, 1.54) is 22.1 Å². The molecule has 0 unspecified atom stereocenters. The van der Waals surface area contributed by atoms with Crippen LogP contribution in [0.5, 0.6) is 0 Å². The number of hydrogen-bond acceptors (Lipinski definition) is 4. The summed E-state index contributed by atoms with van der Waals surface area (Å²) in [6.07, 6.45) is 3.35. The number of H-pyrrole nitrogens is 1. The normalized spacial score (nSPS) is 10.8. The summed E-state index contributed by atoms with van der Waals surface area (Å²) in [6.45, 7) is 0.352. The Balaban J connectivity index is 1.50. The van der Waals surface area contributed by atoms with Gasteiger partial charge in [0.15, 0.2) is 0 Å². The smallest absolute Gasteiger partial charge is 0.263 e. The van der Waals surface area contributed by atoms with Crippen LogP contribution in [0.1, 0.15) is 15.5 Å². The highest BCUT2D eigenvalue weighted by Crippen LogP contribution is 2.23. The van der Waals surface area contributed by atoms with Gasteiger partial charge in [-0.1, -0.05) is 36.4 Å². The van der Waals surface area contributed by atoms with Gasteiger partial charge in [-0.25, -0.2) is 4.98 Å². The molecule has 0 bridgehead atoms. The van der Waals surface area contributed by atoms with E-state index < -0.39 is 0 Å². The first kappa shape index (κ1) is 14.6. The number of benzene rings is 2. The molecular formula is C18H14N4OS. The number of carbonyl (C=O) groups excluding carboxylic acids is 1. The second-order valence-electron chi connectivity index (χ2n) is 5.35. The Kier molecular flexibility index (Phi) is 3.80. The molecule has 0 aliphatic heterocycles. The maximum Gasteiger partial charge on any atom is 0.263 e. The van der Waals surface area contributed by atoms with E-state index in [0.717, 1.165) is 17.1 Å². The number of aromatic amines is 1. The predicted octanol–water partition coefficient (Wildman–Crippen LogP) is 3.62. The molecule has 2 aromatic carbocycles. The lowest BCUT2D eigenvalue weighted by Crippen LogP contribution is -2.22. The molecule has 2 heterocycles. The predicted molar refractivity (Wildman–Crippen MR) is 94.8 cm³/mol. The Morgan fingerprint density at radius 2 is 2.00 bits per heavy atom. The number of rotatable bonds is 4. The zero-order valence-corrected chi connectivity index (χ0v) is 13.5. The number of amides is 1. The van der Waals surface area contributed by atoms with Gasteiger partial charge in [0.05, 0.1) is 30.1 Å². The summed E-state index contributed by atoms with van der Waals surface area (Å²) in [5, 5.41) is 5.22. The van der Waals surface area contributed by atoms with E-state index >= 15 is 0 Å². The lowest BCUT2D eigenvalue weighted by atomic mass is 10.1. The number of nitrogens with one attached hydrogen (secondary N) is 2. The van der Waals surface area contributed by atoms with Crippen LogP contribution < -0.4 is 5.32 Å². The van der Waals surface area contributed by atoms with Crippen molar-refractivity contribution in [2.75, 3.05) is 0 Å². The third-order valence-corrected chi connectivity index (χ3v) is 4.53. The summed E-state index contributed by atoms with van der Waals surface area (Å²) in [4.78, 5) is 24.0. The van der Waals surface area contributed by atoms with Crippen LogP contribution in [0.2, 0.25) is 0 Å². The van der Waals surface area contributed by atoms with Gasteiger partial charge in [-0.15, -0.1) is 11.3 Å². The van der Waals surface area contributed by atoms with Gasteiger partial charge in [0.1, 0.15) is 10.7 Å². The number of thiazole rings is 1. The largest absolute Gasteiger partial charge is 0.344 e. The van der Waals surface area contributed by atoms with Crippen molar-refractivity contribution in [2.24, 2.45) is 0 Å². The molecule has 5 nitrogen and oxygen atoms in total. The first-order valence-corrected chi connectivity index (χ1v) is 8.37. The number of fused-ring (bicyclic) bond motifs is 1. The maximum atomic E-state index is 11.9. The highest BCUT2D eigenvalue weighted by molar-refractivity contribution is 7.11. The minimum atomic E-state index is -0.138. The van der Waals surface area contributed by atoms with Gasteiger partial charge in [0.25, 0.3) is 5.91 Å². The molecule has 0 radical (unpaired) electrons. The third-order valence-electron chi connectivity index (χ3n) is 3.76. The molecule has 0 saturated carbocycles. The quantitative estimate of drug-likeness (QED) is 0.599. The molecule has 0 aliphatic rings. The SMILES string of the molecule is O=C(NCc1ncc(-c2ccc3ccccc3c2)[nH]1)c1cncs1. The Morgan fingerprint density at radius 1 is 1.12 bits per heavy atom. The first-order chi connectivity index (χ1) is 11.8. The second kappa shape index (κ2) is 6.25. The zero-order valence-electron chi connectivity index (χ0n) is 12.7. The highest BCUT2D eigenvalue weighted by atomic mass is 32.1. The monoisotopic (exact) mass is 334 g/mol. The number of hydrogen-bond donors (Lipinski definition) is 2. The van der Waals surface area contributed by atoms with E-state index in [1.54, 1.807) is 17.9 Å². The Labute approximate surface area is 142 Å². The molecule has 0 spiro atoms. The lowest BCUT2D eigenvalue weighted by Gasteiger charge is -2.02. The first-order valence-electron chi connectivity index (χ1n) is 7.49. The Bertz CT molecular complexity index is 991. The van der Waals surface area contributed by atoms with Crippen molar-refractivity contribution in [3.8, 4) is 11.3 Å². The average molecular weight is 334 g/mol. The summed E-state index contributed by atoms with van der Waals surface area (Å²) in [5.41, 5.74) is 3.64. The fourth-order valence-electron chi connectivity index (χ4n) is 2.53. The molecule has 24 heavy (non-hydrogen) atoms. The molecule has 2 aromatic heterocycles. The summed E-state index contributed by atoms with van der Waals surface area (Å²) >= 11 is 1.32. The van der Waals surface area contributed by atoms with Gasteiger partial charge < -0.3 is 10.3 Å². The standard InChI is InChI=1S/C18H14N4OS/c23-18(16-9-19-11-24-16)21-10-17-20-8-15(22-17)14-6-5-12-3-1-2-4-13(12)7-14/h1-9,11H,10H2,(H,20,22)(H,21,23). The van der Waals surface area contributed by atoms with Gasteiger partial charge in [0.2, 0.25) is 0 Å². The van der Waals surface area contributed by atoms with E-state index in [-0.39, 0.29) is 5.91 Å². The van der Waals surface area contributed by atoms with Crippen LogP contribution in [0.4, 0.5) is 0 Å². The van der Waals surface area contributed by atoms with E-state index in [1.807, 2.05) is 12.1 Å². The summed E-state index contributed by atoms with van der Waals surface area (Å²) in [5.74, 6) is 0.581. The Hall–Kier alpha value is -2.99. The fraction of sp³-hybridized carbons (Fsp3) is 0.0556. The molecule has 4 aromatic rings. The minimum absolute atomic E-state index is 0.138. The van der Waals surface area contributed by atoms with Crippen LogP contribution in [0.3, 0.4) is 0 Å². The van der Waals surface area contributed by atoms with Gasteiger partial charge >= 0.3 is 0 Å². The molecule has 6 heteroatoms. The average Bonchev–Trinajstić information content (AvgIpc) is 3.31. The Morgan fingerprint density at radius 3 is 2.83 bits per heavy atom. The molecule has 1 amide bonds. The van der Waals surface area contributed by atoms with E-state index in [2.05, 4.69) is 50.6 Å². The topological polar surface area (TPSA) is 70.7 Å². The molecule has 118 valence electrons. The summed E-state index contributed by atoms with van der Waals surface area (Å²) < 4.78 is 0. The van der Waals surface area contributed by atoms with Crippen molar-refractivity contribution < 1.29 is 4.79 Å². The van der Waals surface area contributed by atoms with Crippen molar-refractivity contribution in [1.29, 1.82) is 0 Å². The summed E-state index contributed by atoms with van der Waals surface area (Å²) in [7, 11) is 0. The lowest BCUT2D eigenvalue weighted by molar-refractivity contribution is 0.0954. The molecular weight excluding hydrogens is 320 g/mol.